The first kappa shape index (κ1) is 19.5. The van der Waals surface area contributed by atoms with Gasteiger partial charge >= 0.3 is 0 Å². The maximum Gasteiger partial charge on any atom is 0.269 e. The Labute approximate surface area is 163 Å². The van der Waals surface area contributed by atoms with Gasteiger partial charge in [0, 0.05) is 23.3 Å². The van der Waals surface area contributed by atoms with Crippen molar-refractivity contribution in [2.45, 2.75) is 30.8 Å². The number of hydrogen-bond acceptors (Lipinski definition) is 7. The third kappa shape index (κ3) is 4.74. The normalized spacial score (nSPS) is 12.7. The second kappa shape index (κ2) is 8.65. The Bertz CT molecular complexity index is 973. The van der Waals surface area contributed by atoms with Crippen LogP contribution in [0.25, 0.3) is 0 Å². The lowest BCUT2D eigenvalue weighted by Crippen LogP contribution is -2.42. The number of non-ortho nitro benzene ring substituents is 1. The van der Waals surface area contributed by atoms with Crippen molar-refractivity contribution in [3.05, 3.63) is 61.6 Å². The summed E-state index contributed by atoms with van der Waals surface area (Å²) in [4.78, 5) is 53.0. The van der Waals surface area contributed by atoms with Crippen molar-refractivity contribution in [3.63, 3.8) is 0 Å². The van der Waals surface area contributed by atoms with Crippen molar-refractivity contribution in [1.82, 2.24) is 20.8 Å². The van der Waals surface area contributed by atoms with Crippen molar-refractivity contribution in [2.24, 2.45) is 0 Å². The van der Waals surface area contributed by atoms with Crippen LogP contribution in [-0.2, 0) is 17.6 Å². The number of hydrazine groups is 1. The van der Waals surface area contributed by atoms with E-state index < -0.39 is 16.7 Å². The lowest BCUT2D eigenvalue weighted by atomic mass is 9.97. The lowest BCUT2D eigenvalue weighted by Gasteiger charge is -2.14. The molecule has 0 fully saturated rings. The zero-order valence-electron chi connectivity index (χ0n) is 14.7. The largest absolute Gasteiger partial charge is 0.301 e. The number of benzene rings is 1. The predicted octanol–water partition coefficient (Wildman–Crippen LogP) is 1.11. The van der Waals surface area contributed by atoms with Gasteiger partial charge in [0.05, 0.1) is 16.4 Å². The number of nitro groups is 1. The number of rotatable bonds is 5. The fourth-order valence-electron chi connectivity index (χ4n) is 2.75. The molecule has 146 valence electrons. The van der Waals surface area contributed by atoms with E-state index in [0.29, 0.717) is 5.16 Å². The molecule has 28 heavy (non-hydrogen) atoms. The minimum atomic E-state index is -0.603. The monoisotopic (exact) mass is 403 g/mol. The average Bonchev–Trinajstić information content (AvgIpc) is 2.70. The van der Waals surface area contributed by atoms with E-state index in [-0.39, 0.29) is 22.6 Å². The highest BCUT2D eigenvalue weighted by Crippen LogP contribution is 2.19. The fourth-order valence-corrected chi connectivity index (χ4v) is 3.43. The van der Waals surface area contributed by atoms with Gasteiger partial charge in [-0.05, 0) is 37.8 Å². The SMILES string of the molecule is O=C(CSc1nc2c(c(=O)[nH]1)CCCC2)NNC(=O)c1ccc([N+](=O)[O-])cc1. The van der Waals surface area contributed by atoms with E-state index >= 15 is 0 Å². The van der Waals surface area contributed by atoms with Crippen LogP contribution in [0.2, 0.25) is 0 Å². The number of amides is 2. The highest BCUT2D eigenvalue weighted by molar-refractivity contribution is 7.99. The van der Waals surface area contributed by atoms with Gasteiger partial charge in [-0.1, -0.05) is 11.8 Å². The molecule has 1 aliphatic carbocycles. The first-order valence-electron chi connectivity index (χ1n) is 8.52. The number of H-pyrrole nitrogens is 1. The summed E-state index contributed by atoms with van der Waals surface area (Å²) in [6, 6.07) is 4.97. The third-order valence-corrected chi connectivity index (χ3v) is 5.04. The van der Waals surface area contributed by atoms with Crippen LogP contribution in [-0.4, -0.2) is 32.5 Å². The molecule has 2 aromatic rings. The summed E-state index contributed by atoms with van der Waals surface area (Å²) >= 11 is 1.06. The van der Waals surface area contributed by atoms with Crippen LogP contribution in [0.15, 0.2) is 34.2 Å². The number of carbonyl (C=O) groups excluding carboxylic acids is 2. The van der Waals surface area contributed by atoms with Crippen LogP contribution in [0.5, 0.6) is 0 Å². The van der Waals surface area contributed by atoms with E-state index in [0.717, 1.165) is 48.7 Å². The zero-order valence-corrected chi connectivity index (χ0v) is 15.5. The number of hydrogen-bond donors (Lipinski definition) is 3. The van der Waals surface area contributed by atoms with Gasteiger partial charge in [0.25, 0.3) is 17.2 Å². The van der Waals surface area contributed by atoms with E-state index in [1.807, 2.05) is 0 Å². The lowest BCUT2D eigenvalue weighted by molar-refractivity contribution is -0.384. The van der Waals surface area contributed by atoms with E-state index in [4.69, 9.17) is 0 Å². The highest BCUT2D eigenvalue weighted by Gasteiger charge is 2.16. The molecule has 0 radical (unpaired) electrons. The molecule has 10 nitrogen and oxygen atoms in total. The number of nitrogens with zero attached hydrogens (tertiary/aromatic N) is 2. The summed E-state index contributed by atoms with van der Waals surface area (Å²) in [5.74, 6) is -1.14. The van der Waals surface area contributed by atoms with Crippen LogP contribution in [0, 0.1) is 10.1 Å². The molecule has 0 spiro atoms. The molecule has 1 heterocycles. The highest BCUT2D eigenvalue weighted by atomic mass is 32.2. The maximum absolute atomic E-state index is 12.1. The molecule has 2 amide bonds. The Balaban J connectivity index is 1.50. The van der Waals surface area contributed by atoms with Crippen LogP contribution in [0.4, 0.5) is 5.69 Å². The molecule has 3 rings (SSSR count). The van der Waals surface area contributed by atoms with Crippen LogP contribution >= 0.6 is 11.8 Å². The van der Waals surface area contributed by atoms with Gasteiger partial charge in [-0.2, -0.15) is 0 Å². The average molecular weight is 403 g/mol. The molecule has 0 saturated heterocycles. The molecule has 0 saturated carbocycles. The van der Waals surface area contributed by atoms with Crippen molar-refractivity contribution >= 4 is 29.3 Å². The molecule has 0 aliphatic heterocycles. The number of nitro benzene ring substituents is 1. The van der Waals surface area contributed by atoms with Gasteiger partial charge in [-0.3, -0.25) is 35.3 Å². The van der Waals surface area contributed by atoms with Crippen LogP contribution in [0.1, 0.15) is 34.5 Å². The molecule has 3 N–H and O–H groups in total. The Hall–Kier alpha value is -3.21. The maximum atomic E-state index is 12.1. The standard InChI is InChI=1S/C17H17N5O5S/c23-14(20-21-15(24)10-5-7-11(8-6-10)22(26)27)9-28-17-18-13-4-2-1-3-12(13)16(25)19-17/h5-8H,1-4,9H2,(H,20,23)(H,21,24)(H,18,19,25). The van der Waals surface area contributed by atoms with Crippen molar-refractivity contribution in [1.29, 1.82) is 0 Å². The molecular formula is C17H17N5O5S. The van der Waals surface area contributed by atoms with E-state index in [1.54, 1.807) is 0 Å². The predicted molar refractivity (Wildman–Crippen MR) is 101 cm³/mol. The number of aryl methyl sites for hydroxylation is 1. The number of aromatic nitrogens is 2. The smallest absolute Gasteiger partial charge is 0.269 e. The second-order valence-electron chi connectivity index (χ2n) is 6.10. The number of carbonyl (C=O) groups is 2. The van der Waals surface area contributed by atoms with Gasteiger partial charge in [0.15, 0.2) is 5.16 Å². The van der Waals surface area contributed by atoms with Crippen LogP contribution in [0.3, 0.4) is 0 Å². The van der Waals surface area contributed by atoms with Gasteiger partial charge in [0.2, 0.25) is 5.91 Å². The van der Waals surface area contributed by atoms with Crippen molar-refractivity contribution in [2.75, 3.05) is 5.75 Å². The first-order chi connectivity index (χ1) is 13.4. The number of thioether (sulfide) groups is 1. The van der Waals surface area contributed by atoms with Gasteiger partial charge in [0.1, 0.15) is 0 Å². The first-order valence-corrected chi connectivity index (χ1v) is 9.51. The molecular weight excluding hydrogens is 386 g/mol. The van der Waals surface area contributed by atoms with Crippen molar-refractivity contribution in [3.8, 4) is 0 Å². The summed E-state index contributed by atoms with van der Waals surface area (Å²) in [7, 11) is 0. The Morgan fingerprint density at radius 1 is 1.18 bits per heavy atom. The number of fused-ring (bicyclic) bond motifs is 1. The molecule has 1 aromatic carbocycles. The van der Waals surface area contributed by atoms with Crippen LogP contribution < -0.4 is 16.4 Å². The summed E-state index contributed by atoms with van der Waals surface area (Å²) in [6.07, 6.45) is 3.44. The minimum Gasteiger partial charge on any atom is -0.301 e. The minimum absolute atomic E-state index is 0.0533. The summed E-state index contributed by atoms with van der Waals surface area (Å²) in [5, 5.41) is 11.0. The summed E-state index contributed by atoms with van der Waals surface area (Å²) in [6.45, 7) is 0. The Morgan fingerprint density at radius 2 is 1.89 bits per heavy atom. The van der Waals surface area contributed by atoms with Gasteiger partial charge in [-0.15, -0.1) is 0 Å². The second-order valence-corrected chi connectivity index (χ2v) is 7.06. The fraction of sp³-hybridized carbons (Fsp3) is 0.294. The van der Waals surface area contributed by atoms with Gasteiger partial charge in [-0.25, -0.2) is 4.98 Å². The molecule has 0 bridgehead atoms. The van der Waals surface area contributed by atoms with E-state index in [2.05, 4.69) is 20.8 Å². The van der Waals surface area contributed by atoms with Gasteiger partial charge < -0.3 is 4.98 Å². The molecule has 1 aromatic heterocycles. The number of nitrogens with one attached hydrogen (secondary N) is 3. The summed E-state index contributed by atoms with van der Waals surface area (Å²) in [5.41, 5.74) is 5.85. The molecule has 0 atom stereocenters. The Kier molecular flexibility index (Phi) is 6.04. The number of aromatic amines is 1. The quantitative estimate of drug-likeness (QED) is 0.293. The molecule has 1 aliphatic rings. The Morgan fingerprint density at radius 3 is 2.61 bits per heavy atom. The zero-order chi connectivity index (χ0) is 20.1. The molecule has 11 heteroatoms. The topological polar surface area (TPSA) is 147 Å². The van der Waals surface area contributed by atoms with Crippen molar-refractivity contribution < 1.29 is 14.5 Å². The summed E-state index contributed by atoms with van der Waals surface area (Å²) < 4.78 is 0. The third-order valence-electron chi connectivity index (χ3n) is 4.17. The van der Waals surface area contributed by atoms with E-state index in [1.165, 1.54) is 24.3 Å². The van der Waals surface area contributed by atoms with E-state index in [9.17, 15) is 24.5 Å². The molecule has 0 unspecified atom stereocenters.